The van der Waals surface area contributed by atoms with Crippen LogP contribution in [0.2, 0.25) is 0 Å². The first-order valence-corrected chi connectivity index (χ1v) is 5.80. The van der Waals surface area contributed by atoms with Crippen LogP contribution in [0.5, 0.6) is 0 Å². The van der Waals surface area contributed by atoms with E-state index in [9.17, 15) is 4.79 Å². The van der Waals surface area contributed by atoms with Gasteiger partial charge >= 0.3 is 0 Å². The SMILES string of the molecule is Cc1cc(N)ccc1N1CCCCC1C=O. The smallest absolute Gasteiger partial charge is 0.142 e. The van der Waals surface area contributed by atoms with Gasteiger partial charge in [-0.25, -0.2) is 0 Å². The fourth-order valence-electron chi connectivity index (χ4n) is 2.40. The van der Waals surface area contributed by atoms with E-state index in [0.29, 0.717) is 0 Å². The van der Waals surface area contributed by atoms with Gasteiger partial charge < -0.3 is 15.4 Å². The first kappa shape index (κ1) is 11.0. The van der Waals surface area contributed by atoms with E-state index < -0.39 is 0 Å². The van der Waals surface area contributed by atoms with Crippen molar-refractivity contribution in [1.82, 2.24) is 0 Å². The van der Waals surface area contributed by atoms with Crippen LogP contribution in [0.3, 0.4) is 0 Å². The summed E-state index contributed by atoms with van der Waals surface area (Å²) in [6.07, 6.45) is 4.34. The van der Waals surface area contributed by atoms with Crippen LogP contribution in [-0.2, 0) is 4.79 Å². The molecule has 1 aromatic rings. The molecular weight excluding hydrogens is 200 g/mol. The fraction of sp³-hybridized carbons (Fsp3) is 0.462. The third-order valence-electron chi connectivity index (χ3n) is 3.24. The summed E-state index contributed by atoms with van der Waals surface area (Å²) in [7, 11) is 0. The highest BCUT2D eigenvalue weighted by Gasteiger charge is 2.22. The topological polar surface area (TPSA) is 46.3 Å². The second-order valence-corrected chi connectivity index (χ2v) is 4.44. The van der Waals surface area contributed by atoms with Crippen molar-refractivity contribution in [2.45, 2.75) is 32.2 Å². The molecule has 3 nitrogen and oxygen atoms in total. The van der Waals surface area contributed by atoms with Crippen LogP contribution < -0.4 is 10.6 Å². The standard InChI is InChI=1S/C13H18N2O/c1-10-8-11(14)5-6-13(10)15-7-3-2-4-12(15)9-16/h5-6,8-9,12H,2-4,7,14H2,1H3. The molecule has 0 saturated carbocycles. The Morgan fingerprint density at radius 3 is 2.94 bits per heavy atom. The highest BCUT2D eigenvalue weighted by atomic mass is 16.1. The van der Waals surface area contributed by atoms with Crippen molar-refractivity contribution in [3.8, 4) is 0 Å². The molecule has 1 saturated heterocycles. The third kappa shape index (κ3) is 2.03. The Kier molecular flexibility index (Phi) is 3.13. The van der Waals surface area contributed by atoms with E-state index in [2.05, 4.69) is 4.90 Å². The van der Waals surface area contributed by atoms with Gasteiger partial charge in [-0.15, -0.1) is 0 Å². The van der Waals surface area contributed by atoms with Gasteiger partial charge in [-0.3, -0.25) is 0 Å². The molecule has 2 N–H and O–H groups in total. The number of rotatable bonds is 2. The summed E-state index contributed by atoms with van der Waals surface area (Å²) in [5.74, 6) is 0. The average molecular weight is 218 g/mol. The van der Waals surface area contributed by atoms with Gasteiger partial charge in [-0.05, 0) is 49.9 Å². The Bertz CT molecular complexity index is 390. The number of aryl methyl sites for hydroxylation is 1. The lowest BCUT2D eigenvalue weighted by molar-refractivity contribution is -0.109. The monoisotopic (exact) mass is 218 g/mol. The molecule has 0 amide bonds. The first-order valence-electron chi connectivity index (χ1n) is 5.80. The summed E-state index contributed by atoms with van der Waals surface area (Å²) in [4.78, 5) is 13.3. The predicted octanol–water partition coefficient (Wildman–Crippen LogP) is 2.14. The van der Waals surface area contributed by atoms with Gasteiger partial charge in [0, 0.05) is 17.9 Å². The molecule has 0 aromatic heterocycles. The minimum absolute atomic E-state index is 0.0380. The van der Waals surface area contributed by atoms with Gasteiger partial charge in [0.05, 0.1) is 6.04 Å². The van der Waals surface area contributed by atoms with E-state index in [-0.39, 0.29) is 6.04 Å². The van der Waals surface area contributed by atoms with Gasteiger partial charge in [-0.2, -0.15) is 0 Å². The van der Waals surface area contributed by atoms with E-state index in [0.717, 1.165) is 49.0 Å². The number of nitrogen functional groups attached to an aromatic ring is 1. The molecule has 1 atom stereocenters. The Balaban J connectivity index is 2.30. The van der Waals surface area contributed by atoms with Gasteiger partial charge in [0.15, 0.2) is 0 Å². The van der Waals surface area contributed by atoms with E-state index in [1.807, 2.05) is 25.1 Å². The summed E-state index contributed by atoms with van der Waals surface area (Å²) in [5.41, 5.74) is 8.81. The summed E-state index contributed by atoms with van der Waals surface area (Å²) in [6.45, 7) is 3.01. The highest BCUT2D eigenvalue weighted by Crippen LogP contribution is 2.28. The van der Waals surface area contributed by atoms with E-state index in [1.165, 1.54) is 0 Å². The molecule has 1 heterocycles. The Hall–Kier alpha value is -1.51. The molecular formula is C13H18N2O. The van der Waals surface area contributed by atoms with Crippen molar-refractivity contribution in [3.63, 3.8) is 0 Å². The zero-order valence-corrected chi connectivity index (χ0v) is 9.65. The highest BCUT2D eigenvalue weighted by molar-refractivity contribution is 5.69. The molecule has 1 unspecified atom stereocenters. The molecule has 1 fully saturated rings. The number of nitrogens with zero attached hydrogens (tertiary/aromatic N) is 1. The third-order valence-corrected chi connectivity index (χ3v) is 3.24. The molecule has 3 heteroatoms. The van der Waals surface area contributed by atoms with Gasteiger partial charge in [0.25, 0.3) is 0 Å². The zero-order chi connectivity index (χ0) is 11.5. The first-order chi connectivity index (χ1) is 7.72. The number of carbonyl (C=O) groups is 1. The lowest BCUT2D eigenvalue weighted by Crippen LogP contribution is -2.40. The quantitative estimate of drug-likeness (QED) is 0.611. The van der Waals surface area contributed by atoms with Crippen LogP contribution in [0.4, 0.5) is 11.4 Å². The number of benzene rings is 1. The minimum Gasteiger partial charge on any atom is -0.399 e. The van der Waals surface area contributed by atoms with Crippen molar-refractivity contribution in [2.75, 3.05) is 17.2 Å². The van der Waals surface area contributed by atoms with Gasteiger partial charge in [0.1, 0.15) is 6.29 Å². The van der Waals surface area contributed by atoms with E-state index in [4.69, 9.17) is 5.73 Å². The molecule has 1 aliphatic heterocycles. The van der Waals surface area contributed by atoms with Gasteiger partial charge in [0.2, 0.25) is 0 Å². The number of anilines is 2. The molecule has 1 aromatic carbocycles. The normalized spacial score (nSPS) is 20.8. The van der Waals surface area contributed by atoms with E-state index in [1.54, 1.807) is 0 Å². The maximum absolute atomic E-state index is 11.1. The van der Waals surface area contributed by atoms with Crippen LogP contribution in [0.1, 0.15) is 24.8 Å². The maximum Gasteiger partial charge on any atom is 0.142 e. The number of piperidine rings is 1. The van der Waals surface area contributed by atoms with Crippen LogP contribution in [0.25, 0.3) is 0 Å². The number of hydrogen-bond donors (Lipinski definition) is 1. The number of carbonyl (C=O) groups excluding carboxylic acids is 1. The van der Waals surface area contributed by atoms with Crippen molar-refractivity contribution < 1.29 is 4.79 Å². The Labute approximate surface area is 96.2 Å². The van der Waals surface area contributed by atoms with E-state index >= 15 is 0 Å². The Morgan fingerprint density at radius 1 is 1.44 bits per heavy atom. The fourth-order valence-corrected chi connectivity index (χ4v) is 2.40. The van der Waals surface area contributed by atoms with Gasteiger partial charge in [-0.1, -0.05) is 0 Å². The number of aldehydes is 1. The minimum atomic E-state index is 0.0380. The summed E-state index contributed by atoms with van der Waals surface area (Å²) < 4.78 is 0. The second kappa shape index (κ2) is 4.56. The van der Waals surface area contributed by atoms with Crippen LogP contribution in [0.15, 0.2) is 18.2 Å². The lowest BCUT2D eigenvalue weighted by atomic mass is 10.0. The lowest BCUT2D eigenvalue weighted by Gasteiger charge is -2.35. The molecule has 86 valence electrons. The van der Waals surface area contributed by atoms with Crippen LogP contribution in [0, 0.1) is 6.92 Å². The zero-order valence-electron chi connectivity index (χ0n) is 9.65. The molecule has 0 spiro atoms. The summed E-state index contributed by atoms with van der Waals surface area (Å²) in [5, 5.41) is 0. The summed E-state index contributed by atoms with van der Waals surface area (Å²) in [6, 6.07) is 5.92. The molecule has 16 heavy (non-hydrogen) atoms. The molecule has 2 rings (SSSR count). The second-order valence-electron chi connectivity index (χ2n) is 4.44. The number of nitrogens with two attached hydrogens (primary N) is 1. The molecule has 0 bridgehead atoms. The average Bonchev–Trinajstić information content (AvgIpc) is 2.29. The largest absolute Gasteiger partial charge is 0.399 e. The maximum atomic E-state index is 11.1. The molecule has 0 aliphatic carbocycles. The molecule has 1 aliphatic rings. The van der Waals surface area contributed by atoms with Crippen molar-refractivity contribution in [2.24, 2.45) is 0 Å². The Morgan fingerprint density at radius 2 is 2.25 bits per heavy atom. The summed E-state index contributed by atoms with van der Waals surface area (Å²) >= 11 is 0. The molecule has 0 radical (unpaired) electrons. The van der Waals surface area contributed by atoms with Crippen molar-refractivity contribution >= 4 is 17.7 Å². The van der Waals surface area contributed by atoms with Crippen LogP contribution in [-0.4, -0.2) is 18.9 Å². The van der Waals surface area contributed by atoms with Crippen LogP contribution >= 0.6 is 0 Å². The number of hydrogen-bond acceptors (Lipinski definition) is 3. The van der Waals surface area contributed by atoms with Crippen molar-refractivity contribution in [3.05, 3.63) is 23.8 Å². The van der Waals surface area contributed by atoms with Crippen molar-refractivity contribution in [1.29, 1.82) is 0 Å². The predicted molar refractivity (Wildman–Crippen MR) is 66.6 cm³/mol.